The fraction of sp³-hybridized carbons (Fsp3) is 0.250. The Morgan fingerprint density at radius 2 is 2.00 bits per heavy atom. The average molecular weight is 511 g/mol. The van der Waals surface area contributed by atoms with E-state index in [0.717, 1.165) is 39.9 Å². The van der Waals surface area contributed by atoms with Gasteiger partial charge < -0.3 is 15.3 Å². The summed E-state index contributed by atoms with van der Waals surface area (Å²) in [5, 5.41) is 12.6. The summed E-state index contributed by atoms with van der Waals surface area (Å²) in [5.41, 5.74) is 6.49. The van der Waals surface area contributed by atoms with E-state index >= 15 is 0 Å². The number of nitrogens with zero attached hydrogens (tertiary/aromatic N) is 3. The molecule has 1 saturated carbocycles. The van der Waals surface area contributed by atoms with E-state index in [9.17, 15) is 14.7 Å². The second-order valence-corrected chi connectivity index (χ2v) is 10.6. The summed E-state index contributed by atoms with van der Waals surface area (Å²) in [6.45, 7) is 0.612. The summed E-state index contributed by atoms with van der Waals surface area (Å²) < 4.78 is 5.77. The van der Waals surface area contributed by atoms with Gasteiger partial charge in [-0.3, -0.25) is 9.59 Å². The van der Waals surface area contributed by atoms with Crippen molar-refractivity contribution in [3.63, 3.8) is 0 Å². The number of β-amino-alcohol motifs (C(OH)–C–C–N with tert-alkyl or cyclic N) is 1. The third-order valence-corrected chi connectivity index (χ3v) is 8.19. The van der Waals surface area contributed by atoms with Gasteiger partial charge in [0, 0.05) is 29.9 Å². The Morgan fingerprint density at radius 3 is 2.74 bits per heavy atom. The molecule has 2 N–H and O–H groups in total. The zero-order chi connectivity index (χ0) is 23.4. The molecule has 0 atom stereocenters. The molecule has 0 radical (unpaired) electrons. The highest BCUT2D eigenvalue weighted by molar-refractivity contribution is 7.17. The number of anilines is 1. The summed E-state index contributed by atoms with van der Waals surface area (Å²) >= 11 is 9.15. The molecule has 0 unspecified atom stereocenters. The lowest BCUT2D eigenvalue weighted by Crippen LogP contribution is -2.53. The van der Waals surface area contributed by atoms with E-state index in [0.29, 0.717) is 35.1 Å². The van der Waals surface area contributed by atoms with Gasteiger partial charge in [0.25, 0.3) is 11.8 Å². The van der Waals surface area contributed by atoms with Crippen LogP contribution in [0.3, 0.4) is 0 Å². The Labute approximate surface area is 208 Å². The molecule has 0 spiro atoms. The van der Waals surface area contributed by atoms with Crippen LogP contribution < -0.4 is 5.32 Å². The first-order valence-electron chi connectivity index (χ1n) is 10.9. The lowest BCUT2D eigenvalue weighted by Gasteiger charge is -2.36. The maximum atomic E-state index is 13.3. The maximum Gasteiger partial charge on any atom is 0.267 e. The number of halogens is 1. The van der Waals surface area contributed by atoms with Crippen LogP contribution in [0.2, 0.25) is 5.02 Å². The van der Waals surface area contributed by atoms with Crippen LogP contribution in [0.5, 0.6) is 0 Å². The van der Waals surface area contributed by atoms with Gasteiger partial charge in [0.1, 0.15) is 4.88 Å². The number of hydrogen-bond donors (Lipinski definition) is 2. The number of carbonyl (C=O) groups is 2. The smallest absolute Gasteiger partial charge is 0.267 e. The van der Waals surface area contributed by atoms with Gasteiger partial charge in [-0.25, -0.2) is 4.98 Å². The molecule has 2 aromatic heterocycles. The largest absolute Gasteiger partial charge is 0.389 e. The Morgan fingerprint density at radius 1 is 1.18 bits per heavy atom. The molecule has 2 aliphatic rings. The maximum absolute atomic E-state index is 13.3. The summed E-state index contributed by atoms with van der Waals surface area (Å²) in [7, 11) is 0. The molecule has 4 aromatic rings. The normalized spacial score (nSPS) is 16.0. The van der Waals surface area contributed by atoms with Gasteiger partial charge in [0.2, 0.25) is 0 Å². The first-order chi connectivity index (χ1) is 16.5. The second kappa shape index (κ2) is 8.42. The van der Waals surface area contributed by atoms with Crippen molar-refractivity contribution in [1.82, 2.24) is 14.3 Å². The van der Waals surface area contributed by atoms with Crippen LogP contribution in [0, 0.1) is 0 Å². The molecule has 1 aliphatic heterocycles. The van der Waals surface area contributed by atoms with Crippen LogP contribution in [-0.4, -0.2) is 50.4 Å². The van der Waals surface area contributed by atoms with Crippen LogP contribution in [0.4, 0.5) is 5.69 Å². The molecule has 1 aliphatic carbocycles. The van der Waals surface area contributed by atoms with Gasteiger partial charge in [-0.05, 0) is 54.6 Å². The standard InChI is InChI=1S/C24H19ClN4O3S2/c25-17-8-13(6-7-15(17)24(32)29-9-14(30)10-29)27-23(31)22-19(12-4-5-12)20(28-34-22)16-2-1-3-18-21(16)33-11-26-18/h1-3,6-8,11-12,14,30H,4-5,9-10H2,(H,27,31). The minimum absolute atomic E-state index is 0.228. The van der Waals surface area contributed by atoms with Crippen molar-refractivity contribution in [3.05, 3.63) is 62.9 Å². The number of aromatic nitrogens is 2. The topological polar surface area (TPSA) is 95.4 Å². The van der Waals surface area contributed by atoms with Crippen molar-refractivity contribution >= 4 is 62.2 Å². The highest BCUT2D eigenvalue weighted by Crippen LogP contribution is 2.48. The number of rotatable bonds is 5. The predicted octanol–water partition coefficient (Wildman–Crippen LogP) is 5.02. The number of benzene rings is 2. The Balaban J connectivity index is 1.28. The Hall–Kier alpha value is -2.85. The molecule has 1 saturated heterocycles. The minimum atomic E-state index is -0.477. The third-order valence-electron chi connectivity index (χ3n) is 6.14. The number of hydrogen-bond acceptors (Lipinski definition) is 7. The zero-order valence-electron chi connectivity index (χ0n) is 17.8. The van der Waals surface area contributed by atoms with Crippen molar-refractivity contribution in [1.29, 1.82) is 0 Å². The second-order valence-electron chi connectivity index (χ2n) is 8.57. The van der Waals surface area contributed by atoms with Crippen molar-refractivity contribution in [3.8, 4) is 11.3 Å². The Bertz CT molecular complexity index is 1440. The van der Waals surface area contributed by atoms with Gasteiger partial charge in [0.15, 0.2) is 0 Å². The van der Waals surface area contributed by atoms with E-state index in [-0.39, 0.29) is 16.8 Å². The summed E-state index contributed by atoms with van der Waals surface area (Å²) in [5.74, 6) is -0.134. The molecule has 34 heavy (non-hydrogen) atoms. The van der Waals surface area contributed by atoms with Crippen LogP contribution >= 0.6 is 34.5 Å². The van der Waals surface area contributed by atoms with Crippen LogP contribution in [0.25, 0.3) is 21.5 Å². The molecule has 10 heteroatoms. The first-order valence-corrected chi connectivity index (χ1v) is 12.9. The fourth-order valence-electron chi connectivity index (χ4n) is 4.22. The molecule has 2 aromatic carbocycles. The average Bonchev–Trinajstić information content (AvgIpc) is 3.35. The number of aliphatic hydroxyl groups excluding tert-OH is 1. The minimum Gasteiger partial charge on any atom is -0.389 e. The van der Waals surface area contributed by atoms with E-state index in [2.05, 4.69) is 10.3 Å². The molecular weight excluding hydrogens is 492 g/mol. The number of amides is 2. The predicted molar refractivity (Wildman–Crippen MR) is 134 cm³/mol. The highest BCUT2D eigenvalue weighted by atomic mass is 35.5. The van der Waals surface area contributed by atoms with Crippen molar-refractivity contribution < 1.29 is 14.7 Å². The summed E-state index contributed by atoms with van der Waals surface area (Å²) in [4.78, 5) is 32.3. The number of aliphatic hydroxyl groups is 1. The quantitative estimate of drug-likeness (QED) is 0.393. The molecule has 0 bridgehead atoms. The molecule has 6 rings (SSSR count). The van der Waals surface area contributed by atoms with Crippen molar-refractivity contribution in [2.45, 2.75) is 24.9 Å². The number of carbonyl (C=O) groups excluding carboxylic acids is 2. The van der Waals surface area contributed by atoms with Crippen LogP contribution in [0.1, 0.15) is 44.4 Å². The SMILES string of the molecule is O=C(Nc1ccc(C(=O)N2CC(O)C2)c(Cl)c1)c1snc(-c2cccc3ncsc23)c1C1CC1. The molecule has 3 heterocycles. The molecular formula is C24H19ClN4O3S2. The van der Waals surface area contributed by atoms with E-state index in [1.54, 1.807) is 29.5 Å². The number of fused-ring (bicyclic) bond motifs is 1. The van der Waals surface area contributed by atoms with E-state index in [1.807, 2.05) is 23.7 Å². The van der Waals surface area contributed by atoms with Gasteiger partial charge in [-0.2, -0.15) is 4.37 Å². The van der Waals surface area contributed by atoms with Gasteiger partial charge in [0.05, 0.1) is 38.1 Å². The molecule has 7 nitrogen and oxygen atoms in total. The van der Waals surface area contributed by atoms with E-state index in [4.69, 9.17) is 16.0 Å². The van der Waals surface area contributed by atoms with Crippen LogP contribution in [-0.2, 0) is 0 Å². The highest BCUT2D eigenvalue weighted by Gasteiger charge is 2.35. The van der Waals surface area contributed by atoms with Crippen molar-refractivity contribution in [2.75, 3.05) is 18.4 Å². The molecule has 172 valence electrons. The number of thiazole rings is 1. The fourth-order valence-corrected chi connectivity index (χ4v) is 6.17. The monoisotopic (exact) mass is 510 g/mol. The van der Waals surface area contributed by atoms with E-state index < -0.39 is 6.10 Å². The number of nitrogens with one attached hydrogen (secondary N) is 1. The summed E-state index contributed by atoms with van der Waals surface area (Å²) in [6.07, 6.45) is 1.60. The molecule has 2 fully saturated rings. The third kappa shape index (κ3) is 3.78. The van der Waals surface area contributed by atoms with Gasteiger partial charge in [-0.1, -0.05) is 23.7 Å². The van der Waals surface area contributed by atoms with Gasteiger partial charge >= 0.3 is 0 Å². The summed E-state index contributed by atoms with van der Waals surface area (Å²) in [6, 6.07) is 10.8. The number of likely N-dealkylation sites (tertiary alicyclic amines) is 1. The molecule has 2 amide bonds. The zero-order valence-corrected chi connectivity index (χ0v) is 20.2. The lowest BCUT2D eigenvalue weighted by molar-refractivity contribution is 0.00591. The van der Waals surface area contributed by atoms with E-state index in [1.165, 1.54) is 16.4 Å². The first kappa shape index (κ1) is 21.7. The Kier molecular flexibility index (Phi) is 5.37. The lowest BCUT2D eigenvalue weighted by atomic mass is 10.0. The van der Waals surface area contributed by atoms with Crippen LogP contribution in [0.15, 0.2) is 41.9 Å². The van der Waals surface area contributed by atoms with Gasteiger partial charge in [-0.15, -0.1) is 11.3 Å². The van der Waals surface area contributed by atoms with Crippen molar-refractivity contribution in [2.24, 2.45) is 0 Å².